The van der Waals surface area contributed by atoms with Crippen molar-refractivity contribution in [3.05, 3.63) is 0 Å². The molecule has 4 atom stereocenters. The van der Waals surface area contributed by atoms with Crippen LogP contribution >= 0.6 is 0 Å². The average molecular weight is 273 g/mol. The maximum absolute atomic E-state index is 12.5. The molecule has 1 rings (SSSR count). The Balaban J connectivity index is 2.51. The molecule has 0 aromatic carbocycles. The van der Waals surface area contributed by atoms with E-state index in [0.29, 0.717) is 17.2 Å². The monoisotopic (exact) mass is 273 g/mol. The minimum atomic E-state index is -0.644. The van der Waals surface area contributed by atoms with Crippen LogP contribution < -0.4 is 5.32 Å². The molecule has 4 unspecified atom stereocenters. The van der Waals surface area contributed by atoms with E-state index in [9.17, 15) is 4.21 Å². The summed E-state index contributed by atoms with van der Waals surface area (Å²) < 4.78 is 12.5. The lowest BCUT2D eigenvalue weighted by molar-refractivity contribution is 0.313. The maximum atomic E-state index is 12.5. The van der Waals surface area contributed by atoms with Crippen molar-refractivity contribution in [2.24, 2.45) is 11.8 Å². The Morgan fingerprint density at radius 1 is 1.33 bits per heavy atom. The Kier molecular flexibility index (Phi) is 7.47. The molecule has 108 valence electrons. The molecular weight excluding hydrogens is 242 g/mol. The largest absolute Gasteiger partial charge is 0.313 e. The van der Waals surface area contributed by atoms with E-state index in [2.05, 4.69) is 33.0 Å². The molecule has 0 bridgehead atoms. The van der Waals surface area contributed by atoms with Crippen molar-refractivity contribution in [1.29, 1.82) is 0 Å². The molecule has 0 amide bonds. The predicted octanol–water partition coefficient (Wildman–Crippen LogP) is 3.34. The van der Waals surface area contributed by atoms with Crippen LogP contribution in [0.25, 0.3) is 0 Å². The summed E-state index contributed by atoms with van der Waals surface area (Å²) in [5, 5.41) is 4.01. The van der Waals surface area contributed by atoms with E-state index < -0.39 is 10.8 Å². The molecule has 0 radical (unpaired) electrons. The Bertz CT molecular complexity index is 253. The molecule has 1 fully saturated rings. The fraction of sp³-hybridized carbons (Fsp3) is 1.00. The molecule has 18 heavy (non-hydrogen) atoms. The average Bonchev–Trinajstić information content (AvgIpc) is 2.34. The third-order valence-electron chi connectivity index (χ3n) is 3.94. The third-order valence-corrected chi connectivity index (χ3v) is 5.78. The second kappa shape index (κ2) is 8.31. The lowest BCUT2D eigenvalue weighted by Gasteiger charge is -2.35. The van der Waals surface area contributed by atoms with E-state index in [-0.39, 0.29) is 0 Å². The van der Waals surface area contributed by atoms with Crippen molar-refractivity contribution in [3.63, 3.8) is 0 Å². The molecule has 3 heteroatoms. The van der Waals surface area contributed by atoms with Gasteiger partial charge in [-0.05, 0) is 50.5 Å². The molecule has 0 spiro atoms. The lowest BCUT2D eigenvalue weighted by atomic mass is 9.87. The van der Waals surface area contributed by atoms with E-state index in [1.807, 2.05) is 0 Å². The molecule has 0 saturated heterocycles. The summed E-state index contributed by atoms with van der Waals surface area (Å²) in [5.74, 6) is 2.30. The minimum absolute atomic E-state index is 0.388. The Hall–Kier alpha value is 0.110. The van der Waals surface area contributed by atoms with Gasteiger partial charge in [-0.25, -0.2) is 0 Å². The Morgan fingerprint density at radius 2 is 2.06 bits per heavy atom. The van der Waals surface area contributed by atoms with Gasteiger partial charge in [0.25, 0.3) is 0 Å². The summed E-state index contributed by atoms with van der Waals surface area (Å²) in [7, 11) is -0.644. The molecule has 0 heterocycles. The van der Waals surface area contributed by atoms with E-state index >= 15 is 0 Å². The first-order valence-corrected chi connectivity index (χ1v) is 9.03. The van der Waals surface area contributed by atoms with Gasteiger partial charge in [0, 0.05) is 22.6 Å². The van der Waals surface area contributed by atoms with Crippen molar-refractivity contribution in [2.45, 2.75) is 71.1 Å². The fourth-order valence-corrected chi connectivity index (χ4v) is 4.83. The maximum Gasteiger partial charge on any atom is 0.0503 e. The first-order valence-electron chi connectivity index (χ1n) is 7.65. The summed E-state index contributed by atoms with van der Waals surface area (Å²) in [6.07, 6.45) is 5.90. The SMILES string of the molecule is CCCNC1CCC(C)CC1S(=O)CCC(C)C. The number of rotatable bonds is 7. The van der Waals surface area contributed by atoms with Crippen molar-refractivity contribution >= 4 is 10.8 Å². The van der Waals surface area contributed by atoms with Gasteiger partial charge in [-0.3, -0.25) is 4.21 Å². The zero-order chi connectivity index (χ0) is 13.5. The summed E-state index contributed by atoms with van der Waals surface area (Å²) >= 11 is 0. The van der Waals surface area contributed by atoms with Gasteiger partial charge in [0.2, 0.25) is 0 Å². The van der Waals surface area contributed by atoms with Crippen LogP contribution in [0.1, 0.15) is 59.8 Å². The highest BCUT2D eigenvalue weighted by molar-refractivity contribution is 7.85. The summed E-state index contributed by atoms with van der Waals surface area (Å²) in [5.41, 5.74) is 0. The summed E-state index contributed by atoms with van der Waals surface area (Å²) in [6.45, 7) is 10.0. The number of nitrogens with one attached hydrogen (secondary N) is 1. The van der Waals surface area contributed by atoms with Crippen LogP contribution in [0.4, 0.5) is 0 Å². The lowest BCUT2D eigenvalue weighted by Crippen LogP contribution is -2.46. The normalized spacial score (nSPS) is 30.6. The topological polar surface area (TPSA) is 29.1 Å². The van der Waals surface area contributed by atoms with Crippen molar-refractivity contribution in [3.8, 4) is 0 Å². The van der Waals surface area contributed by atoms with Crippen molar-refractivity contribution < 1.29 is 4.21 Å². The van der Waals surface area contributed by atoms with Crippen molar-refractivity contribution in [2.75, 3.05) is 12.3 Å². The smallest absolute Gasteiger partial charge is 0.0503 e. The molecule has 0 aromatic rings. The Morgan fingerprint density at radius 3 is 2.67 bits per heavy atom. The molecule has 1 aliphatic carbocycles. The highest BCUT2D eigenvalue weighted by atomic mass is 32.2. The van der Waals surface area contributed by atoms with Gasteiger partial charge >= 0.3 is 0 Å². The first-order chi connectivity index (χ1) is 8.54. The first kappa shape index (κ1) is 16.2. The minimum Gasteiger partial charge on any atom is -0.313 e. The molecule has 1 saturated carbocycles. The molecule has 0 aliphatic heterocycles. The van der Waals surface area contributed by atoms with Crippen LogP contribution in [-0.4, -0.2) is 27.8 Å². The quantitative estimate of drug-likeness (QED) is 0.771. The van der Waals surface area contributed by atoms with E-state index in [4.69, 9.17) is 0 Å². The Labute approximate surface area is 116 Å². The summed E-state index contributed by atoms with van der Waals surface area (Å²) in [4.78, 5) is 0. The number of hydrogen-bond donors (Lipinski definition) is 1. The van der Waals surface area contributed by atoms with E-state index in [1.165, 1.54) is 12.8 Å². The van der Waals surface area contributed by atoms with Gasteiger partial charge in [0.1, 0.15) is 0 Å². The van der Waals surface area contributed by atoms with Crippen LogP contribution in [0, 0.1) is 11.8 Å². The standard InChI is InChI=1S/C15H31NOS/c1-5-9-16-14-7-6-13(4)11-15(14)18(17)10-8-12(2)3/h12-16H,5-11H2,1-4H3. The zero-order valence-electron chi connectivity index (χ0n) is 12.6. The van der Waals surface area contributed by atoms with Crippen LogP contribution in [0.5, 0.6) is 0 Å². The van der Waals surface area contributed by atoms with Gasteiger partial charge in [0.05, 0.1) is 5.25 Å². The second-order valence-corrected chi connectivity index (χ2v) is 8.06. The number of hydrogen-bond acceptors (Lipinski definition) is 2. The van der Waals surface area contributed by atoms with Crippen LogP contribution in [-0.2, 0) is 10.8 Å². The zero-order valence-corrected chi connectivity index (χ0v) is 13.4. The van der Waals surface area contributed by atoms with Gasteiger partial charge in [-0.15, -0.1) is 0 Å². The van der Waals surface area contributed by atoms with Crippen molar-refractivity contribution in [1.82, 2.24) is 5.32 Å². The van der Waals surface area contributed by atoms with Crippen LogP contribution in [0.15, 0.2) is 0 Å². The van der Waals surface area contributed by atoms with Crippen LogP contribution in [0.2, 0.25) is 0 Å². The van der Waals surface area contributed by atoms with Crippen LogP contribution in [0.3, 0.4) is 0 Å². The molecule has 0 aromatic heterocycles. The van der Waals surface area contributed by atoms with Gasteiger partial charge in [0.15, 0.2) is 0 Å². The highest BCUT2D eigenvalue weighted by Crippen LogP contribution is 2.28. The van der Waals surface area contributed by atoms with Gasteiger partial charge < -0.3 is 5.32 Å². The molecular formula is C15H31NOS. The van der Waals surface area contributed by atoms with Gasteiger partial charge in [-0.2, -0.15) is 0 Å². The molecule has 1 aliphatic rings. The third kappa shape index (κ3) is 5.40. The molecule has 1 N–H and O–H groups in total. The summed E-state index contributed by atoms with van der Waals surface area (Å²) in [6, 6.07) is 0.495. The second-order valence-electron chi connectivity index (χ2n) is 6.28. The fourth-order valence-electron chi connectivity index (χ4n) is 2.69. The van der Waals surface area contributed by atoms with E-state index in [1.54, 1.807) is 0 Å². The molecule has 2 nitrogen and oxygen atoms in total. The van der Waals surface area contributed by atoms with E-state index in [0.717, 1.165) is 37.5 Å². The highest BCUT2D eigenvalue weighted by Gasteiger charge is 2.32. The predicted molar refractivity (Wildman–Crippen MR) is 81.3 cm³/mol. The van der Waals surface area contributed by atoms with Gasteiger partial charge in [-0.1, -0.05) is 27.7 Å².